The summed E-state index contributed by atoms with van der Waals surface area (Å²) in [5.74, 6) is -0.612. The molecule has 0 unspecified atom stereocenters. The highest BCUT2D eigenvalue weighted by atomic mass is 32.1. The monoisotopic (exact) mass is 404 g/mol. The number of H-pyrrole nitrogens is 1. The van der Waals surface area contributed by atoms with E-state index in [1.165, 1.54) is 11.3 Å². The summed E-state index contributed by atoms with van der Waals surface area (Å²) in [5.41, 5.74) is 1.89. The maximum absolute atomic E-state index is 13.3. The van der Waals surface area contributed by atoms with E-state index in [-0.39, 0.29) is 29.9 Å². The fraction of sp³-hybridized carbons (Fsp3) is 0.476. The van der Waals surface area contributed by atoms with Crippen LogP contribution in [0, 0.1) is 19.8 Å². The molecule has 152 valence electrons. The number of Topliss-reactive ketones (excluding diaryl/α,β-unsaturated/α-hetero) is 1. The van der Waals surface area contributed by atoms with Crippen molar-refractivity contribution in [3.63, 3.8) is 0 Å². The van der Waals surface area contributed by atoms with Crippen LogP contribution in [0.4, 0.5) is 0 Å². The SMILES string of the molecule is CCOC(=O)c1[nH]c(C)c(C(=O)[C@@H](C)N(CC(C)C)C(=O)c2cccs2)c1C. The van der Waals surface area contributed by atoms with Crippen LogP contribution in [0.1, 0.15) is 69.5 Å². The van der Waals surface area contributed by atoms with Crippen molar-refractivity contribution in [3.05, 3.63) is 44.9 Å². The average Bonchev–Trinajstić information content (AvgIpc) is 3.26. The second-order valence-corrected chi connectivity index (χ2v) is 8.16. The van der Waals surface area contributed by atoms with Crippen LogP contribution in [-0.4, -0.2) is 46.7 Å². The Bertz CT molecular complexity index is 852. The number of hydrogen-bond donors (Lipinski definition) is 1. The van der Waals surface area contributed by atoms with E-state index in [1.807, 2.05) is 25.3 Å². The molecule has 0 saturated heterocycles. The molecule has 0 fully saturated rings. The van der Waals surface area contributed by atoms with Crippen LogP contribution in [0.3, 0.4) is 0 Å². The van der Waals surface area contributed by atoms with Crippen LogP contribution in [0.25, 0.3) is 0 Å². The fourth-order valence-corrected chi connectivity index (χ4v) is 3.91. The number of carbonyl (C=O) groups is 3. The third-order valence-electron chi connectivity index (χ3n) is 4.57. The Labute approximate surface area is 169 Å². The summed E-state index contributed by atoms with van der Waals surface area (Å²) in [7, 11) is 0. The first-order chi connectivity index (χ1) is 13.2. The lowest BCUT2D eigenvalue weighted by molar-refractivity contribution is 0.0518. The fourth-order valence-electron chi connectivity index (χ4n) is 3.23. The van der Waals surface area contributed by atoms with Gasteiger partial charge in [-0.2, -0.15) is 0 Å². The number of amides is 1. The summed E-state index contributed by atoms with van der Waals surface area (Å²) >= 11 is 1.36. The molecular weight excluding hydrogens is 376 g/mol. The quantitative estimate of drug-likeness (QED) is 0.527. The zero-order valence-corrected chi connectivity index (χ0v) is 18.1. The lowest BCUT2D eigenvalue weighted by atomic mass is 9.99. The molecule has 2 aromatic heterocycles. The predicted octanol–water partition coefficient (Wildman–Crippen LogP) is 4.24. The minimum atomic E-state index is -0.653. The van der Waals surface area contributed by atoms with E-state index in [9.17, 15) is 14.4 Å². The molecule has 1 amide bonds. The molecule has 2 rings (SSSR count). The van der Waals surface area contributed by atoms with Gasteiger partial charge in [0.1, 0.15) is 5.69 Å². The molecule has 1 atom stereocenters. The van der Waals surface area contributed by atoms with Crippen molar-refractivity contribution in [1.82, 2.24) is 9.88 Å². The van der Waals surface area contributed by atoms with Crippen LogP contribution in [0.15, 0.2) is 17.5 Å². The molecule has 0 saturated carbocycles. The number of carbonyl (C=O) groups excluding carboxylic acids is 3. The highest BCUT2D eigenvalue weighted by Crippen LogP contribution is 2.24. The third-order valence-corrected chi connectivity index (χ3v) is 5.42. The normalized spacial score (nSPS) is 12.1. The maximum atomic E-state index is 13.3. The minimum Gasteiger partial charge on any atom is -0.461 e. The highest BCUT2D eigenvalue weighted by Gasteiger charge is 2.32. The molecule has 28 heavy (non-hydrogen) atoms. The number of hydrogen-bond acceptors (Lipinski definition) is 5. The van der Waals surface area contributed by atoms with Crippen LogP contribution in [-0.2, 0) is 4.74 Å². The molecule has 0 aromatic carbocycles. The van der Waals surface area contributed by atoms with Crippen molar-refractivity contribution >= 4 is 29.0 Å². The van der Waals surface area contributed by atoms with Crippen molar-refractivity contribution in [1.29, 1.82) is 0 Å². The molecule has 2 aromatic rings. The Balaban J connectivity index is 2.37. The molecular formula is C21H28N2O4S. The molecule has 1 N–H and O–H groups in total. The second kappa shape index (κ2) is 9.19. The molecule has 0 bridgehead atoms. The lowest BCUT2D eigenvalue weighted by Crippen LogP contribution is -2.45. The van der Waals surface area contributed by atoms with Crippen molar-refractivity contribution < 1.29 is 19.1 Å². The van der Waals surface area contributed by atoms with Crippen molar-refractivity contribution in [2.24, 2.45) is 5.92 Å². The van der Waals surface area contributed by atoms with Crippen LogP contribution >= 0.6 is 11.3 Å². The van der Waals surface area contributed by atoms with Crippen molar-refractivity contribution in [2.45, 2.75) is 47.6 Å². The Hall–Kier alpha value is -2.41. The van der Waals surface area contributed by atoms with Gasteiger partial charge in [0.2, 0.25) is 0 Å². The molecule has 2 heterocycles. The first kappa shape index (κ1) is 21.9. The standard InChI is InChI=1S/C21H28N2O4S/c1-7-27-21(26)18-13(4)17(14(5)22-18)19(24)15(6)23(11-12(2)3)20(25)16-9-8-10-28-16/h8-10,12,15,22H,7,11H2,1-6H3/t15-/m1/s1. The first-order valence-electron chi connectivity index (χ1n) is 9.43. The average molecular weight is 405 g/mol. The molecule has 0 aliphatic carbocycles. The van der Waals surface area contributed by atoms with Gasteiger partial charge in [0.25, 0.3) is 5.91 Å². The number of ether oxygens (including phenoxy) is 1. The van der Waals surface area contributed by atoms with Crippen LogP contribution in [0.2, 0.25) is 0 Å². The summed E-state index contributed by atoms with van der Waals surface area (Å²) in [6.07, 6.45) is 0. The third kappa shape index (κ3) is 4.52. The highest BCUT2D eigenvalue weighted by molar-refractivity contribution is 7.12. The second-order valence-electron chi connectivity index (χ2n) is 7.21. The maximum Gasteiger partial charge on any atom is 0.355 e. The zero-order chi connectivity index (χ0) is 21.0. The van der Waals surface area contributed by atoms with Gasteiger partial charge in [-0.15, -0.1) is 11.3 Å². The Morgan fingerprint density at radius 3 is 2.43 bits per heavy atom. The molecule has 0 aliphatic heterocycles. The molecule has 0 aliphatic rings. The van der Waals surface area contributed by atoms with E-state index in [0.29, 0.717) is 28.2 Å². The van der Waals surface area contributed by atoms with E-state index in [4.69, 9.17) is 4.74 Å². The number of rotatable bonds is 8. The topological polar surface area (TPSA) is 79.5 Å². The number of aromatic amines is 1. The van der Waals surface area contributed by atoms with Gasteiger partial charge < -0.3 is 14.6 Å². The number of thiophene rings is 1. The van der Waals surface area contributed by atoms with Gasteiger partial charge in [-0.05, 0) is 50.6 Å². The van der Waals surface area contributed by atoms with E-state index in [2.05, 4.69) is 4.98 Å². The number of esters is 1. The summed E-state index contributed by atoms with van der Waals surface area (Å²) in [6.45, 7) is 11.7. The number of aryl methyl sites for hydroxylation is 1. The number of nitrogens with zero attached hydrogens (tertiary/aromatic N) is 1. The first-order valence-corrected chi connectivity index (χ1v) is 10.3. The summed E-state index contributed by atoms with van der Waals surface area (Å²) < 4.78 is 5.06. The van der Waals surface area contributed by atoms with Crippen LogP contribution in [0.5, 0.6) is 0 Å². The van der Waals surface area contributed by atoms with Gasteiger partial charge in [0.05, 0.1) is 17.5 Å². The van der Waals surface area contributed by atoms with Gasteiger partial charge in [-0.3, -0.25) is 9.59 Å². The Morgan fingerprint density at radius 1 is 1.21 bits per heavy atom. The molecule has 0 radical (unpaired) electrons. The van der Waals surface area contributed by atoms with Gasteiger partial charge >= 0.3 is 5.97 Å². The van der Waals surface area contributed by atoms with Gasteiger partial charge in [0, 0.05) is 17.8 Å². The smallest absolute Gasteiger partial charge is 0.355 e. The number of nitrogens with one attached hydrogen (secondary N) is 1. The molecule has 0 spiro atoms. The minimum absolute atomic E-state index is 0.152. The largest absolute Gasteiger partial charge is 0.461 e. The summed E-state index contributed by atoms with van der Waals surface area (Å²) in [6, 6.07) is 2.94. The van der Waals surface area contributed by atoms with E-state index >= 15 is 0 Å². The Kier molecular flexibility index (Phi) is 7.18. The Morgan fingerprint density at radius 2 is 1.89 bits per heavy atom. The molecule has 7 heteroatoms. The molecule has 6 nitrogen and oxygen atoms in total. The predicted molar refractivity (Wildman–Crippen MR) is 110 cm³/mol. The van der Waals surface area contributed by atoms with E-state index in [0.717, 1.165) is 0 Å². The summed E-state index contributed by atoms with van der Waals surface area (Å²) in [5, 5.41) is 1.85. The van der Waals surface area contributed by atoms with Crippen molar-refractivity contribution in [3.8, 4) is 0 Å². The zero-order valence-electron chi connectivity index (χ0n) is 17.3. The summed E-state index contributed by atoms with van der Waals surface area (Å²) in [4.78, 5) is 43.6. The number of aromatic nitrogens is 1. The van der Waals surface area contributed by atoms with Gasteiger partial charge in [-0.25, -0.2) is 4.79 Å². The van der Waals surface area contributed by atoms with Gasteiger partial charge in [-0.1, -0.05) is 19.9 Å². The van der Waals surface area contributed by atoms with Gasteiger partial charge in [0.15, 0.2) is 5.78 Å². The van der Waals surface area contributed by atoms with E-state index < -0.39 is 12.0 Å². The van der Waals surface area contributed by atoms with Crippen molar-refractivity contribution in [2.75, 3.05) is 13.2 Å². The van der Waals surface area contributed by atoms with E-state index in [1.54, 1.807) is 38.7 Å². The lowest BCUT2D eigenvalue weighted by Gasteiger charge is -2.29. The number of ketones is 1. The van der Waals surface area contributed by atoms with Crippen LogP contribution < -0.4 is 0 Å².